The molecule has 2 saturated carbocycles. The van der Waals surface area contributed by atoms with Gasteiger partial charge in [-0.25, -0.2) is 9.13 Å². The number of hydrogen-bond donors (Lipinski definition) is 17. The second kappa shape index (κ2) is 44.7. The van der Waals surface area contributed by atoms with Crippen molar-refractivity contribution < 1.29 is 123 Å². The van der Waals surface area contributed by atoms with E-state index in [0.29, 0.717) is 12.8 Å². The zero-order valence-electron chi connectivity index (χ0n) is 52.4. The first-order valence-corrected chi connectivity index (χ1v) is 36.3. The highest BCUT2D eigenvalue weighted by molar-refractivity contribution is 7.47. The van der Waals surface area contributed by atoms with E-state index in [1.165, 1.54) is 135 Å². The second-order valence-electron chi connectivity index (χ2n) is 24.9. The molecule has 1 aliphatic heterocycles. The summed E-state index contributed by atoms with van der Waals surface area (Å²) in [5, 5.41) is 151. The monoisotopic (exact) mass is 1310 g/mol. The minimum atomic E-state index is -5.58. The number of aliphatic hydroxyl groups excluding tert-OH is 14. The molecule has 3 aliphatic rings. The van der Waals surface area contributed by atoms with Crippen molar-refractivity contribution in [2.75, 3.05) is 13.2 Å². The number of nitrogens with one attached hydrogen (secondary N) is 1. The summed E-state index contributed by atoms with van der Waals surface area (Å²) in [7, 11) is -11.1. The van der Waals surface area contributed by atoms with Gasteiger partial charge in [-0.05, 0) is 12.8 Å². The van der Waals surface area contributed by atoms with Gasteiger partial charge in [0.25, 0.3) is 0 Å². The number of unbranched alkanes of at least 4 members (excludes halogenated alkanes) is 31. The summed E-state index contributed by atoms with van der Waals surface area (Å²) in [6, 6.07) is -1.42. The van der Waals surface area contributed by atoms with E-state index in [4.69, 9.17) is 27.6 Å². The predicted molar refractivity (Wildman–Crippen MR) is 324 cm³/mol. The van der Waals surface area contributed by atoms with Gasteiger partial charge in [0.05, 0.1) is 25.4 Å². The molecule has 26 nitrogen and oxygen atoms in total. The van der Waals surface area contributed by atoms with Crippen LogP contribution in [0.5, 0.6) is 0 Å². The van der Waals surface area contributed by atoms with Gasteiger partial charge in [0, 0.05) is 0 Å². The Morgan fingerprint density at radius 2 is 0.727 bits per heavy atom. The maximum atomic E-state index is 13.8. The van der Waals surface area contributed by atoms with Gasteiger partial charge in [-0.1, -0.05) is 226 Å². The molecule has 2 aliphatic carbocycles. The molecular weight excluding hydrogens is 1200 g/mol. The SMILES string of the molecule is CCCCCCCCCCCCCCCCCCCCCCC(O)C(=O)N[C@@H](COP(=O)(O)O[C@H]1C(O)C(O)C(O)[C@@H](O)C1O[C@H]1O[C@H](COP(=O)(O)OC2C(O)C(O)C(O)[C@@H](O)C2O)[C@@H](O)C(O)C1O)[C@H](O)CCCCCCCCCCCCCCC. The van der Waals surface area contributed by atoms with Gasteiger partial charge in [0.15, 0.2) is 6.29 Å². The molecule has 0 aromatic heterocycles. The van der Waals surface area contributed by atoms with Crippen LogP contribution in [-0.2, 0) is 41.5 Å². The average molecular weight is 1310 g/mol. The highest BCUT2D eigenvalue weighted by atomic mass is 31.2. The van der Waals surface area contributed by atoms with Gasteiger partial charge in [0.2, 0.25) is 5.91 Å². The molecule has 522 valence electrons. The Labute approximate surface area is 521 Å². The van der Waals surface area contributed by atoms with Crippen LogP contribution >= 0.6 is 15.6 Å². The molecule has 1 saturated heterocycles. The summed E-state index contributed by atoms with van der Waals surface area (Å²) in [4.78, 5) is 35.0. The number of ether oxygens (including phenoxy) is 2. The van der Waals surface area contributed by atoms with E-state index < -0.39 is 157 Å². The third-order valence-electron chi connectivity index (χ3n) is 17.4. The number of phosphoric ester groups is 2. The van der Waals surface area contributed by atoms with Crippen molar-refractivity contribution in [2.24, 2.45) is 0 Å². The Morgan fingerprint density at radius 3 is 1.14 bits per heavy atom. The van der Waals surface area contributed by atoms with Crippen LogP contribution in [0.4, 0.5) is 0 Å². The lowest BCUT2D eigenvalue weighted by Crippen LogP contribution is -2.67. The van der Waals surface area contributed by atoms with Crippen molar-refractivity contribution in [3.05, 3.63) is 0 Å². The first-order chi connectivity index (χ1) is 41.9. The fourth-order valence-electron chi connectivity index (χ4n) is 11.6. The first-order valence-electron chi connectivity index (χ1n) is 33.3. The lowest BCUT2D eigenvalue weighted by Gasteiger charge is -2.47. The van der Waals surface area contributed by atoms with Crippen LogP contribution in [0.3, 0.4) is 0 Å². The van der Waals surface area contributed by atoms with Crippen LogP contribution in [0.2, 0.25) is 0 Å². The molecule has 3 fully saturated rings. The van der Waals surface area contributed by atoms with Crippen molar-refractivity contribution in [3.63, 3.8) is 0 Å². The van der Waals surface area contributed by atoms with E-state index in [1.54, 1.807) is 0 Å². The molecule has 88 heavy (non-hydrogen) atoms. The topological polar surface area (TPSA) is 442 Å². The standard InChI is InChI=1S/C60H117NO25P2/c1-3-5-7-9-11-13-15-17-18-19-20-21-22-23-25-27-29-31-33-35-37-42(63)59(76)61-40(41(62)36-34-32-30-28-26-24-16-14-12-10-8-6-4-2)38-81-87(77,78)86-58-54(74)50(70)49(69)53(73)57(58)84-60-55(75)45(65)44(64)43(83-60)39-82-88(79,80)85-56-51(71)47(67)46(66)48(68)52(56)72/h40-58,60,62-75H,3-39H2,1-2H3,(H,61,76)(H,77,78)(H,79,80)/t40-,41+,42?,43+,44+,45?,46?,47+,48?,49?,50?,51?,52?,53+,54?,55?,56?,57?,58-,60+/m0/s1. The summed E-state index contributed by atoms with van der Waals surface area (Å²) in [5.74, 6) is -0.875. The second-order valence-corrected chi connectivity index (χ2v) is 27.7. The molecule has 0 spiro atoms. The minimum Gasteiger partial charge on any atom is -0.391 e. The van der Waals surface area contributed by atoms with Crippen molar-refractivity contribution in [1.29, 1.82) is 0 Å². The molecule has 3 rings (SSSR count). The summed E-state index contributed by atoms with van der Waals surface area (Å²) in [6.07, 6.45) is -3.04. The third-order valence-corrected chi connectivity index (χ3v) is 19.4. The van der Waals surface area contributed by atoms with Crippen LogP contribution in [0.15, 0.2) is 0 Å². The van der Waals surface area contributed by atoms with E-state index >= 15 is 0 Å². The van der Waals surface area contributed by atoms with Crippen molar-refractivity contribution in [1.82, 2.24) is 5.32 Å². The minimum absolute atomic E-state index is 0.104. The van der Waals surface area contributed by atoms with Crippen LogP contribution in [0.25, 0.3) is 0 Å². The van der Waals surface area contributed by atoms with E-state index in [1.807, 2.05) is 0 Å². The molecule has 1 amide bonds. The highest BCUT2D eigenvalue weighted by Crippen LogP contribution is 2.49. The fraction of sp³-hybridized carbons (Fsp3) is 0.983. The number of rotatable bonds is 50. The largest absolute Gasteiger partial charge is 0.472 e. The van der Waals surface area contributed by atoms with E-state index in [2.05, 4.69) is 19.2 Å². The zero-order valence-corrected chi connectivity index (χ0v) is 54.2. The normalized spacial score (nSPS) is 31.9. The Morgan fingerprint density at radius 1 is 0.409 bits per heavy atom. The number of hydrogen-bond acceptors (Lipinski definition) is 23. The number of amides is 1. The molecule has 0 aromatic carbocycles. The van der Waals surface area contributed by atoms with Crippen molar-refractivity contribution in [3.8, 4) is 0 Å². The first kappa shape index (κ1) is 81.3. The molecular formula is C60H117NO25P2. The molecule has 28 heteroatoms. The van der Waals surface area contributed by atoms with Gasteiger partial charge >= 0.3 is 15.6 Å². The van der Waals surface area contributed by atoms with Crippen LogP contribution in [0, 0.1) is 0 Å². The quantitative estimate of drug-likeness (QED) is 0.0297. The van der Waals surface area contributed by atoms with Gasteiger partial charge in [-0.3, -0.25) is 22.9 Å². The van der Waals surface area contributed by atoms with Crippen LogP contribution in [0.1, 0.15) is 239 Å². The number of carbonyl (C=O) groups excluding carboxylic acids is 1. The predicted octanol–water partition coefficient (Wildman–Crippen LogP) is 4.36. The Balaban J connectivity index is 1.59. The average Bonchev–Trinajstić information content (AvgIpc) is 2.21. The smallest absolute Gasteiger partial charge is 0.391 e. The third kappa shape index (κ3) is 29.8. The Kier molecular flexibility index (Phi) is 41.3. The molecule has 0 bridgehead atoms. The molecule has 17 N–H and O–H groups in total. The number of carbonyl (C=O) groups is 1. The van der Waals surface area contributed by atoms with E-state index in [9.17, 15) is 95.2 Å². The number of aliphatic hydroxyl groups is 14. The molecule has 1 heterocycles. The van der Waals surface area contributed by atoms with Crippen LogP contribution in [-0.4, -0.2) is 223 Å². The summed E-state index contributed by atoms with van der Waals surface area (Å²) >= 11 is 0. The molecule has 22 atom stereocenters. The van der Waals surface area contributed by atoms with Crippen LogP contribution < -0.4 is 5.32 Å². The van der Waals surface area contributed by atoms with E-state index in [-0.39, 0.29) is 12.8 Å². The van der Waals surface area contributed by atoms with Crippen molar-refractivity contribution >= 4 is 21.6 Å². The number of phosphoric acid groups is 2. The highest BCUT2D eigenvalue weighted by Gasteiger charge is 2.56. The maximum absolute atomic E-state index is 13.8. The lowest BCUT2D eigenvalue weighted by molar-refractivity contribution is -0.337. The van der Waals surface area contributed by atoms with Crippen molar-refractivity contribution in [2.45, 2.75) is 361 Å². The molecule has 0 aromatic rings. The Bertz CT molecular complexity index is 1890. The Hall–Kier alpha value is -0.950. The summed E-state index contributed by atoms with van der Waals surface area (Å²) < 4.78 is 57.9. The van der Waals surface area contributed by atoms with Gasteiger partial charge < -0.3 is 96.1 Å². The molecule has 0 radical (unpaired) electrons. The van der Waals surface area contributed by atoms with Gasteiger partial charge in [-0.15, -0.1) is 0 Å². The van der Waals surface area contributed by atoms with Gasteiger partial charge in [-0.2, -0.15) is 0 Å². The maximum Gasteiger partial charge on any atom is 0.472 e. The van der Waals surface area contributed by atoms with Gasteiger partial charge in [0.1, 0.15) is 104 Å². The summed E-state index contributed by atoms with van der Waals surface area (Å²) in [5.41, 5.74) is 0. The summed E-state index contributed by atoms with van der Waals surface area (Å²) in [6.45, 7) is 2.26. The molecule has 14 unspecified atom stereocenters. The zero-order chi connectivity index (χ0) is 65.2. The lowest BCUT2D eigenvalue weighted by atomic mass is 9.84. The fourth-order valence-corrected chi connectivity index (χ4v) is 13.6. The van der Waals surface area contributed by atoms with E-state index in [0.717, 1.165) is 64.2 Å².